The lowest BCUT2D eigenvalue weighted by Crippen LogP contribution is -2.40. The van der Waals surface area contributed by atoms with Crippen molar-refractivity contribution in [3.05, 3.63) is 0 Å². The monoisotopic (exact) mass is 238 g/mol. The van der Waals surface area contributed by atoms with Gasteiger partial charge >= 0.3 is 0 Å². The first-order chi connectivity index (χ1) is 8.15. The second-order valence-electron chi connectivity index (χ2n) is 5.38. The van der Waals surface area contributed by atoms with Gasteiger partial charge in [-0.15, -0.1) is 0 Å². The van der Waals surface area contributed by atoms with Gasteiger partial charge in [-0.3, -0.25) is 9.59 Å². The summed E-state index contributed by atoms with van der Waals surface area (Å²) in [5.74, 6) is 0.899. The highest BCUT2D eigenvalue weighted by Gasteiger charge is 2.24. The van der Waals surface area contributed by atoms with E-state index in [0.717, 1.165) is 18.9 Å². The first kappa shape index (κ1) is 12.6. The minimum absolute atomic E-state index is 0.0363. The molecule has 1 amide bonds. The first-order valence-corrected chi connectivity index (χ1v) is 6.63. The number of hydrogen-bond donors (Lipinski definition) is 0. The van der Waals surface area contributed by atoms with E-state index < -0.39 is 0 Å². The van der Waals surface area contributed by atoms with Gasteiger partial charge < -0.3 is 9.80 Å². The predicted molar refractivity (Wildman–Crippen MR) is 65.7 cm³/mol. The molecule has 17 heavy (non-hydrogen) atoms. The minimum Gasteiger partial charge on any atom is -0.342 e. The number of nitrogens with zero attached hydrogens (tertiary/aromatic N) is 2. The van der Waals surface area contributed by atoms with E-state index in [9.17, 15) is 9.59 Å². The van der Waals surface area contributed by atoms with Gasteiger partial charge in [0.05, 0.1) is 6.42 Å². The van der Waals surface area contributed by atoms with Crippen LogP contribution < -0.4 is 0 Å². The molecule has 2 saturated heterocycles. The number of amides is 1. The van der Waals surface area contributed by atoms with Crippen molar-refractivity contribution in [2.75, 3.05) is 33.2 Å². The summed E-state index contributed by atoms with van der Waals surface area (Å²) in [7, 11) is 2.16. The van der Waals surface area contributed by atoms with Crippen molar-refractivity contribution in [1.82, 2.24) is 9.80 Å². The van der Waals surface area contributed by atoms with E-state index in [2.05, 4.69) is 11.9 Å². The molecule has 2 heterocycles. The highest BCUT2D eigenvalue weighted by atomic mass is 16.2. The lowest BCUT2D eigenvalue weighted by Gasteiger charge is -2.32. The van der Waals surface area contributed by atoms with Crippen LogP contribution in [0.25, 0.3) is 0 Å². The molecular weight excluding hydrogens is 216 g/mol. The molecule has 2 rings (SSSR count). The molecule has 0 atom stereocenters. The van der Waals surface area contributed by atoms with E-state index in [4.69, 9.17) is 0 Å². The highest BCUT2D eigenvalue weighted by Crippen LogP contribution is 2.20. The fourth-order valence-electron chi connectivity index (χ4n) is 2.68. The summed E-state index contributed by atoms with van der Waals surface area (Å²) < 4.78 is 0. The molecule has 0 unspecified atom stereocenters. The fraction of sp³-hybridized carbons (Fsp3) is 0.846. The zero-order chi connectivity index (χ0) is 12.3. The number of carbonyl (C=O) groups is 2. The standard InChI is InChI=1S/C13H22N2O2/c1-14-6-2-11(3-7-14)4-8-15-9-5-12(16)10-13(15)17/h11H,2-10H2,1H3. The molecule has 0 N–H and O–H groups in total. The molecule has 4 heteroatoms. The number of carbonyl (C=O) groups excluding carboxylic acids is 2. The van der Waals surface area contributed by atoms with Crippen LogP contribution in [-0.2, 0) is 9.59 Å². The average molecular weight is 238 g/mol. The second-order valence-corrected chi connectivity index (χ2v) is 5.38. The molecule has 2 aliphatic rings. The third kappa shape index (κ3) is 3.53. The van der Waals surface area contributed by atoms with Crippen LogP contribution in [0.15, 0.2) is 0 Å². The van der Waals surface area contributed by atoms with Gasteiger partial charge in [-0.25, -0.2) is 0 Å². The van der Waals surface area contributed by atoms with Crippen LogP contribution >= 0.6 is 0 Å². The molecule has 0 aliphatic carbocycles. The number of Topliss-reactive ketones (excluding diaryl/α,β-unsaturated/α-hetero) is 1. The predicted octanol–water partition coefficient (Wildman–Crippen LogP) is 0.910. The Morgan fingerprint density at radius 3 is 2.53 bits per heavy atom. The Morgan fingerprint density at radius 1 is 1.18 bits per heavy atom. The van der Waals surface area contributed by atoms with Crippen molar-refractivity contribution in [2.24, 2.45) is 5.92 Å². The van der Waals surface area contributed by atoms with Crippen LogP contribution in [0, 0.1) is 5.92 Å². The number of ketones is 1. The Labute approximate surface area is 103 Å². The van der Waals surface area contributed by atoms with Crippen molar-refractivity contribution in [1.29, 1.82) is 0 Å². The lowest BCUT2D eigenvalue weighted by molar-refractivity contribution is -0.139. The third-order valence-corrected chi connectivity index (χ3v) is 4.01. The topological polar surface area (TPSA) is 40.6 Å². The van der Waals surface area contributed by atoms with Crippen molar-refractivity contribution in [2.45, 2.75) is 32.1 Å². The van der Waals surface area contributed by atoms with Crippen molar-refractivity contribution >= 4 is 11.7 Å². The van der Waals surface area contributed by atoms with Gasteiger partial charge in [0.2, 0.25) is 5.91 Å². The van der Waals surface area contributed by atoms with Gasteiger partial charge in [-0.05, 0) is 45.3 Å². The molecule has 0 aromatic rings. The van der Waals surface area contributed by atoms with Crippen LogP contribution in [0.1, 0.15) is 32.1 Å². The van der Waals surface area contributed by atoms with E-state index in [0.29, 0.717) is 13.0 Å². The molecule has 0 bridgehead atoms. The SMILES string of the molecule is CN1CCC(CCN2CCC(=O)CC2=O)CC1. The Morgan fingerprint density at radius 2 is 1.88 bits per heavy atom. The summed E-state index contributed by atoms with van der Waals surface area (Å²) in [6, 6.07) is 0. The fourth-order valence-corrected chi connectivity index (χ4v) is 2.68. The van der Waals surface area contributed by atoms with Crippen molar-refractivity contribution in [3.63, 3.8) is 0 Å². The molecule has 0 spiro atoms. The first-order valence-electron chi connectivity index (χ1n) is 6.63. The smallest absolute Gasteiger partial charge is 0.230 e. The Hall–Kier alpha value is -0.900. The third-order valence-electron chi connectivity index (χ3n) is 4.01. The van der Waals surface area contributed by atoms with E-state index in [1.54, 1.807) is 0 Å². The molecule has 0 radical (unpaired) electrons. The van der Waals surface area contributed by atoms with Gasteiger partial charge in [0.1, 0.15) is 5.78 Å². The normalized spacial score (nSPS) is 24.4. The summed E-state index contributed by atoms with van der Waals surface area (Å²) >= 11 is 0. The van der Waals surface area contributed by atoms with Gasteiger partial charge in [-0.2, -0.15) is 0 Å². The lowest BCUT2D eigenvalue weighted by atomic mass is 9.93. The Balaban J connectivity index is 1.71. The molecule has 2 aliphatic heterocycles. The molecule has 0 aromatic heterocycles. The largest absolute Gasteiger partial charge is 0.342 e. The van der Waals surface area contributed by atoms with Gasteiger partial charge in [0, 0.05) is 19.5 Å². The van der Waals surface area contributed by atoms with Crippen LogP contribution in [0.2, 0.25) is 0 Å². The summed E-state index contributed by atoms with van der Waals surface area (Å²) in [6.45, 7) is 3.85. The summed E-state index contributed by atoms with van der Waals surface area (Å²) in [5.41, 5.74) is 0. The van der Waals surface area contributed by atoms with Gasteiger partial charge in [0.15, 0.2) is 0 Å². The zero-order valence-electron chi connectivity index (χ0n) is 10.7. The van der Waals surface area contributed by atoms with Crippen molar-refractivity contribution in [3.8, 4) is 0 Å². The molecule has 0 aromatic carbocycles. The number of hydrogen-bond acceptors (Lipinski definition) is 3. The van der Waals surface area contributed by atoms with E-state index >= 15 is 0 Å². The number of piperidine rings is 2. The summed E-state index contributed by atoms with van der Waals surface area (Å²) in [4.78, 5) is 27.0. The van der Waals surface area contributed by atoms with Crippen LogP contribution in [0.5, 0.6) is 0 Å². The average Bonchev–Trinajstić information content (AvgIpc) is 2.30. The van der Waals surface area contributed by atoms with Crippen molar-refractivity contribution < 1.29 is 9.59 Å². The zero-order valence-corrected chi connectivity index (χ0v) is 10.7. The molecule has 0 saturated carbocycles. The molecule has 96 valence electrons. The van der Waals surface area contributed by atoms with Crippen LogP contribution in [0.3, 0.4) is 0 Å². The quantitative estimate of drug-likeness (QED) is 0.686. The minimum atomic E-state index is 0.0363. The van der Waals surface area contributed by atoms with E-state index in [1.807, 2.05) is 4.90 Å². The maximum atomic E-state index is 11.6. The van der Waals surface area contributed by atoms with E-state index in [1.165, 1.54) is 25.9 Å². The molecule has 4 nitrogen and oxygen atoms in total. The Kier molecular flexibility index (Phi) is 4.15. The maximum Gasteiger partial charge on any atom is 0.230 e. The van der Waals surface area contributed by atoms with Gasteiger partial charge in [0.25, 0.3) is 0 Å². The maximum absolute atomic E-state index is 11.6. The van der Waals surface area contributed by atoms with Crippen LogP contribution in [-0.4, -0.2) is 54.7 Å². The molecular formula is C13H22N2O2. The number of likely N-dealkylation sites (tertiary alicyclic amines) is 2. The number of rotatable bonds is 3. The highest BCUT2D eigenvalue weighted by molar-refractivity contribution is 6.00. The summed E-state index contributed by atoms with van der Waals surface area (Å²) in [6.07, 6.45) is 4.29. The second kappa shape index (κ2) is 5.63. The summed E-state index contributed by atoms with van der Waals surface area (Å²) in [5, 5.41) is 0. The van der Waals surface area contributed by atoms with Crippen LogP contribution in [0.4, 0.5) is 0 Å². The Bertz CT molecular complexity index is 296. The van der Waals surface area contributed by atoms with Gasteiger partial charge in [-0.1, -0.05) is 0 Å². The molecule has 2 fully saturated rings. The van der Waals surface area contributed by atoms with E-state index in [-0.39, 0.29) is 18.1 Å².